The molecule has 1 aromatic heterocycles. The summed E-state index contributed by atoms with van der Waals surface area (Å²) in [6, 6.07) is 7.63. The average molecular weight is 258 g/mol. The fourth-order valence-corrected chi connectivity index (χ4v) is 2.11. The molecule has 0 aliphatic heterocycles. The molecule has 100 valence electrons. The lowest BCUT2D eigenvalue weighted by Gasteiger charge is -2.19. The lowest BCUT2D eigenvalue weighted by molar-refractivity contribution is 0.0992. The van der Waals surface area contributed by atoms with Crippen LogP contribution in [0.4, 0.5) is 5.69 Å². The lowest BCUT2D eigenvalue weighted by atomic mass is 10.1. The smallest absolute Gasteiger partial charge is 0.261 e. The minimum Gasteiger partial charge on any atom is -0.326 e. The highest BCUT2D eigenvalue weighted by molar-refractivity contribution is 6.06. The Balaban J connectivity index is 2.36. The van der Waals surface area contributed by atoms with Gasteiger partial charge in [0.15, 0.2) is 0 Å². The highest BCUT2D eigenvalue weighted by Gasteiger charge is 2.19. The zero-order valence-electron chi connectivity index (χ0n) is 11.4. The van der Waals surface area contributed by atoms with Gasteiger partial charge in [0.25, 0.3) is 5.91 Å². The van der Waals surface area contributed by atoms with Crippen LogP contribution in [0.5, 0.6) is 0 Å². The van der Waals surface area contributed by atoms with Crippen LogP contribution >= 0.6 is 0 Å². The van der Waals surface area contributed by atoms with Crippen LogP contribution in [0, 0.1) is 6.92 Å². The van der Waals surface area contributed by atoms with E-state index in [0.29, 0.717) is 12.1 Å². The fourth-order valence-electron chi connectivity index (χ4n) is 2.11. The number of hydrogen-bond donors (Lipinski definition) is 1. The van der Waals surface area contributed by atoms with E-state index in [1.807, 2.05) is 31.2 Å². The van der Waals surface area contributed by atoms with E-state index in [4.69, 9.17) is 5.73 Å². The molecule has 0 saturated carbocycles. The molecule has 5 heteroatoms. The number of carbonyl (C=O) groups excluding carboxylic acids is 1. The molecule has 0 spiro atoms. The first kappa shape index (κ1) is 13.3. The van der Waals surface area contributed by atoms with Crippen molar-refractivity contribution in [2.24, 2.45) is 12.8 Å². The molecule has 1 amide bonds. The second kappa shape index (κ2) is 5.24. The maximum absolute atomic E-state index is 12.5. The summed E-state index contributed by atoms with van der Waals surface area (Å²) in [5, 5.41) is 4.20. The summed E-state index contributed by atoms with van der Waals surface area (Å²) in [6.07, 6.45) is 1.74. The van der Waals surface area contributed by atoms with Gasteiger partial charge in [-0.1, -0.05) is 18.2 Å². The molecular formula is C14H18N4O. The number of rotatable bonds is 3. The van der Waals surface area contributed by atoms with Crippen molar-refractivity contribution in [2.75, 3.05) is 11.9 Å². The Labute approximate surface area is 112 Å². The first-order valence-electron chi connectivity index (χ1n) is 6.11. The molecule has 2 rings (SSSR count). The molecule has 5 nitrogen and oxygen atoms in total. The van der Waals surface area contributed by atoms with Crippen LogP contribution in [-0.2, 0) is 13.6 Å². The average Bonchev–Trinajstić information content (AvgIpc) is 2.76. The van der Waals surface area contributed by atoms with E-state index in [0.717, 1.165) is 16.9 Å². The summed E-state index contributed by atoms with van der Waals surface area (Å²) in [5.74, 6) is -0.0773. The number of aromatic nitrogens is 2. The van der Waals surface area contributed by atoms with Crippen molar-refractivity contribution >= 4 is 11.6 Å². The predicted molar refractivity (Wildman–Crippen MR) is 75.0 cm³/mol. The van der Waals surface area contributed by atoms with E-state index in [9.17, 15) is 4.79 Å². The Morgan fingerprint density at radius 1 is 1.42 bits per heavy atom. The third-order valence-electron chi connectivity index (χ3n) is 3.12. The Morgan fingerprint density at radius 2 is 2.11 bits per heavy atom. The zero-order chi connectivity index (χ0) is 14.0. The number of carbonyl (C=O) groups is 1. The molecular weight excluding hydrogens is 240 g/mol. The molecule has 19 heavy (non-hydrogen) atoms. The van der Waals surface area contributed by atoms with Gasteiger partial charge in [0.05, 0.1) is 11.3 Å². The van der Waals surface area contributed by atoms with Gasteiger partial charge in [-0.3, -0.25) is 9.48 Å². The van der Waals surface area contributed by atoms with E-state index in [1.165, 1.54) is 0 Å². The second-order valence-corrected chi connectivity index (χ2v) is 4.50. The van der Waals surface area contributed by atoms with Gasteiger partial charge < -0.3 is 10.6 Å². The first-order valence-corrected chi connectivity index (χ1v) is 6.11. The summed E-state index contributed by atoms with van der Waals surface area (Å²) < 4.78 is 1.64. The molecule has 2 aromatic rings. The summed E-state index contributed by atoms with van der Waals surface area (Å²) >= 11 is 0. The van der Waals surface area contributed by atoms with Gasteiger partial charge in [0.2, 0.25) is 0 Å². The molecule has 0 aliphatic rings. The molecule has 0 unspecified atom stereocenters. The normalized spacial score (nSPS) is 10.5. The SMILES string of the molecule is Cc1nn(C)cc1C(=O)N(C)c1ccccc1CN. The lowest BCUT2D eigenvalue weighted by Crippen LogP contribution is -2.27. The van der Waals surface area contributed by atoms with Crippen LogP contribution in [0.25, 0.3) is 0 Å². The summed E-state index contributed by atoms with van der Waals surface area (Å²) in [7, 11) is 3.56. The summed E-state index contributed by atoms with van der Waals surface area (Å²) in [5.41, 5.74) is 8.82. The highest BCUT2D eigenvalue weighted by Crippen LogP contribution is 2.21. The molecule has 1 heterocycles. The van der Waals surface area contributed by atoms with E-state index in [2.05, 4.69) is 5.10 Å². The monoisotopic (exact) mass is 258 g/mol. The van der Waals surface area contributed by atoms with Crippen molar-refractivity contribution in [1.82, 2.24) is 9.78 Å². The zero-order valence-corrected chi connectivity index (χ0v) is 11.4. The molecule has 0 atom stereocenters. The predicted octanol–water partition coefficient (Wildman–Crippen LogP) is 1.46. The Hall–Kier alpha value is -2.14. The van der Waals surface area contributed by atoms with Crippen molar-refractivity contribution in [2.45, 2.75) is 13.5 Å². The van der Waals surface area contributed by atoms with E-state index < -0.39 is 0 Å². The molecule has 0 saturated heterocycles. The number of anilines is 1. The van der Waals surface area contributed by atoms with Crippen LogP contribution in [0.3, 0.4) is 0 Å². The topological polar surface area (TPSA) is 64.2 Å². The van der Waals surface area contributed by atoms with Gasteiger partial charge in [-0.15, -0.1) is 0 Å². The van der Waals surface area contributed by atoms with Gasteiger partial charge in [0.1, 0.15) is 0 Å². The van der Waals surface area contributed by atoms with E-state index in [-0.39, 0.29) is 5.91 Å². The van der Waals surface area contributed by atoms with Crippen molar-refractivity contribution in [3.05, 3.63) is 47.3 Å². The first-order chi connectivity index (χ1) is 9.04. The van der Waals surface area contributed by atoms with Crippen LogP contribution in [0.1, 0.15) is 21.6 Å². The van der Waals surface area contributed by atoms with Crippen LogP contribution in [-0.4, -0.2) is 22.7 Å². The Morgan fingerprint density at radius 3 is 2.68 bits per heavy atom. The van der Waals surface area contributed by atoms with Gasteiger partial charge in [-0.25, -0.2) is 0 Å². The number of aryl methyl sites for hydroxylation is 2. The largest absolute Gasteiger partial charge is 0.326 e. The molecule has 2 N–H and O–H groups in total. The minimum atomic E-state index is -0.0773. The van der Waals surface area contributed by atoms with Crippen molar-refractivity contribution in [1.29, 1.82) is 0 Å². The maximum atomic E-state index is 12.5. The summed E-state index contributed by atoms with van der Waals surface area (Å²) in [6.45, 7) is 2.23. The van der Waals surface area contributed by atoms with Crippen molar-refractivity contribution in [3.8, 4) is 0 Å². The van der Waals surface area contributed by atoms with E-state index >= 15 is 0 Å². The Kier molecular flexibility index (Phi) is 3.66. The third-order valence-corrected chi connectivity index (χ3v) is 3.12. The van der Waals surface area contributed by atoms with Gasteiger partial charge in [-0.2, -0.15) is 5.10 Å². The maximum Gasteiger partial charge on any atom is 0.261 e. The summed E-state index contributed by atoms with van der Waals surface area (Å²) in [4.78, 5) is 14.1. The molecule has 0 fully saturated rings. The van der Waals surface area contributed by atoms with Crippen LogP contribution < -0.4 is 10.6 Å². The quantitative estimate of drug-likeness (QED) is 0.906. The fraction of sp³-hybridized carbons (Fsp3) is 0.286. The third kappa shape index (κ3) is 2.51. The second-order valence-electron chi connectivity index (χ2n) is 4.50. The number of para-hydroxylation sites is 1. The molecule has 0 radical (unpaired) electrons. The van der Waals surface area contributed by atoms with Crippen molar-refractivity contribution < 1.29 is 4.79 Å². The number of benzene rings is 1. The number of nitrogens with two attached hydrogens (primary N) is 1. The molecule has 0 bridgehead atoms. The van der Waals surface area contributed by atoms with E-state index in [1.54, 1.807) is 29.9 Å². The number of amides is 1. The molecule has 1 aromatic carbocycles. The van der Waals surface area contributed by atoms with Gasteiger partial charge >= 0.3 is 0 Å². The number of nitrogens with zero attached hydrogens (tertiary/aromatic N) is 3. The highest BCUT2D eigenvalue weighted by atomic mass is 16.2. The number of hydrogen-bond acceptors (Lipinski definition) is 3. The van der Waals surface area contributed by atoms with Crippen LogP contribution in [0.2, 0.25) is 0 Å². The van der Waals surface area contributed by atoms with Gasteiger partial charge in [0, 0.05) is 32.5 Å². The van der Waals surface area contributed by atoms with Crippen molar-refractivity contribution in [3.63, 3.8) is 0 Å². The standard InChI is InChI=1S/C14H18N4O/c1-10-12(9-17(2)16-10)14(19)18(3)13-7-5-4-6-11(13)8-15/h4-7,9H,8,15H2,1-3H3. The Bertz CT molecular complexity index is 603. The minimum absolute atomic E-state index is 0.0773. The van der Waals surface area contributed by atoms with Gasteiger partial charge in [-0.05, 0) is 18.6 Å². The van der Waals surface area contributed by atoms with Crippen LogP contribution in [0.15, 0.2) is 30.5 Å². The molecule has 0 aliphatic carbocycles.